The van der Waals surface area contributed by atoms with Crippen molar-refractivity contribution in [1.82, 2.24) is 0 Å². The summed E-state index contributed by atoms with van der Waals surface area (Å²) in [6.07, 6.45) is 0.888. The van der Waals surface area contributed by atoms with E-state index in [1.807, 2.05) is 24.3 Å². The second-order valence-corrected chi connectivity index (χ2v) is 4.80. The molecular formula is C16H16N2O2. The minimum Gasteiger partial charge on any atom is -0.508 e. The first-order valence-corrected chi connectivity index (χ1v) is 6.69. The lowest BCUT2D eigenvalue weighted by Crippen LogP contribution is -2.31. The second-order valence-electron chi connectivity index (χ2n) is 4.80. The first kappa shape index (κ1) is 12.5. The molecule has 2 aromatic carbocycles. The van der Waals surface area contributed by atoms with Crippen LogP contribution in [0.3, 0.4) is 0 Å². The zero-order valence-electron chi connectivity index (χ0n) is 11.0. The molecule has 1 aliphatic rings. The number of amides is 1. The molecule has 0 atom stereocenters. The third-order valence-corrected chi connectivity index (χ3v) is 3.41. The van der Waals surface area contributed by atoms with E-state index < -0.39 is 0 Å². The van der Waals surface area contributed by atoms with Crippen LogP contribution in [0.2, 0.25) is 0 Å². The Hall–Kier alpha value is -2.49. The van der Waals surface area contributed by atoms with Crippen LogP contribution in [0.25, 0.3) is 0 Å². The number of rotatable bonds is 1. The van der Waals surface area contributed by atoms with E-state index in [4.69, 9.17) is 0 Å². The van der Waals surface area contributed by atoms with Crippen molar-refractivity contribution in [3.63, 3.8) is 0 Å². The molecule has 0 bridgehead atoms. The van der Waals surface area contributed by atoms with E-state index in [1.54, 1.807) is 23.1 Å². The number of benzene rings is 2. The van der Waals surface area contributed by atoms with Crippen molar-refractivity contribution in [2.75, 3.05) is 23.3 Å². The Balaban J connectivity index is 1.99. The predicted molar refractivity (Wildman–Crippen MR) is 79.3 cm³/mol. The molecule has 0 fully saturated rings. The quantitative estimate of drug-likeness (QED) is 0.836. The molecule has 0 radical (unpaired) electrons. The number of nitrogens with one attached hydrogen (secondary N) is 1. The van der Waals surface area contributed by atoms with Gasteiger partial charge < -0.3 is 15.3 Å². The SMILES string of the molecule is O=C(c1cccc(O)c1)N1CCCNc2ccccc21. The van der Waals surface area contributed by atoms with Gasteiger partial charge in [-0.3, -0.25) is 4.79 Å². The zero-order valence-corrected chi connectivity index (χ0v) is 11.0. The van der Waals surface area contributed by atoms with Gasteiger partial charge in [-0.1, -0.05) is 18.2 Å². The Bertz CT molecular complexity index is 640. The Morgan fingerprint density at radius 2 is 2.00 bits per heavy atom. The maximum Gasteiger partial charge on any atom is 0.258 e. The number of phenolic OH excluding ortho intramolecular Hbond substituents is 1. The van der Waals surface area contributed by atoms with Crippen molar-refractivity contribution in [2.24, 2.45) is 0 Å². The summed E-state index contributed by atoms with van der Waals surface area (Å²) in [5.74, 6) is 0.0223. The van der Waals surface area contributed by atoms with Crippen LogP contribution in [0.4, 0.5) is 11.4 Å². The number of anilines is 2. The van der Waals surface area contributed by atoms with E-state index in [9.17, 15) is 9.90 Å². The normalized spacial score (nSPS) is 14.1. The van der Waals surface area contributed by atoms with Gasteiger partial charge in [-0.2, -0.15) is 0 Å². The largest absolute Gasteiger partial charge is 0.508 e. The fourth-order valence-electron chi connectivity index (χ4n) is 2.44. The molecule has 1 heterocycles. The van der Waals surface area contributed by atoms with E-state index in [0.29, 0.717) is 12.1 Å². The van der Waals surface area contributed by atoms with Gasteiger partial charge in [-0.25, -0.2) is 0 Å². The van der Waals surface area contributed by atoms with Crippen LogP contribution in [-0.4, -0.2) is 24.1 Å². The van der Waals surface area contributed by atoms with Gasteiger partial charge in [-0.05, 0) is 36.8 Å². The smallest absolute Gasteiger partial charge is 0.258 e. The molecule has 1 amide bonds. The molecule has 0 aromatic heterocycles. The molecule has 0 spiro atoms. The Labute approximate surface area is 117 Å². The van der Waals surface area contributed by atoms with Gasteiger partial charge >= 0.3 is 0 Å². The molecule has 0 saturated carbocycles. The van der Waals surface area contributed by atoms with Gasteiger partial charge in [0.2, 0.25) is 0 Å². The summed E-state index contributed by atoms with van der Waals surface area (Å²) < 4.78 is 0. The van der Waals surface area contributed by atoms with Crippen LogP contribution in [0.5, 0.6) is 5.75 Å². The van der Waals surface area contributed by atoms with Crippen molar-refractivity contribution < 1.29 is 9.90 Å². The summed E-state index contributed by atoms with van der Waals surface area (Å²) in [5, 5.41) is 12.9. The molecule has 102 valence electrons. The van der Waals surface area contributed by atoms with E-state index in [1.165, 1.54) is 6.07 Å². The number of para-hydroxylation sites is 2. The molecule has 0 aliphatic carbocycles. The van der Waals surface area contributed by atoms with Crippen LogP contribution in [-0.2, 0) is 0 Å². The lowest BCUT2D eigenvalue weighted by atomic mass is 10.1. The summed E-state index contributed by atoms with van der Waals surface area (Å²) in [4.78, 5) is 14.4. The fraction of sp³-hybridized carbons (Fsp3) is 0.188. The minimum absolute atomic E-state index is 0.0861. The van der Waals surface area contributed by atoms with Crippen molar-refractivity contribution in [1.29, 1.82) is 0 Å². The lowest BCUT2D eigenvalue weighted by Gasteiger charge is -2.22. The van der Waals surface area contributed by atoms with Crippen molar-refractivity contribution in [3.05, 3.63) is 54.1 Å². The second kappa shape index (κ2) is 5.25. The van der Waals surface area contributed by atoms with Gasteiger partial charge in [0.25, 0.3) is 5.91 Å². The summed E-state index contributed by atoms with van der Waals surface area (Å²) in [5.41, 5.74) is 2.36. The average molecular weight is 268 g/mol. The highest BCUT2D eigenvalue weighted by Crippen LogP contribution is 2.29. The monoisotopic (exact) mass is 268 g/mol. The number of nitrogens with zero attached hydrogens (tertiary/aromatic N) is 1. The number of hydrogen-bond acceptors (Lipinski definition) is 3. The first-order chi connectivity index (χ1) is 9.75. The molecule has 2 aromatic rings. The molecule has 0 saturated heterocycles. The van der Waals surface area contributed by atoms with Crippen molar-refractivity contribution in [3.8, 4) is 5.75 Å². The molecule has 1 aliphatic heterocycles. The molecule has 0 unspecified atom stereocenters. The van der Waals surface area contributed by atoms with E-state index in [0.717, 1.165) is 24.3 Å². The third-order valence-electron chi connectivity index (χ3n) is 3.41. The predicted octanol–water partition coefficient (Wildman–Crippen LogP) is 2.85. The van der Waals surface area contributed by atoms with Gasteiger partial charge in [-0.15, -0.1) is 0 Å². The average Bonchev–Trinajstić information content (AvgIpc) is 2.69. The third kappa shape index (κ3) is 2.32. The number of fused-ring (bicyclic) bond motifs is 1. The number of carbonyl (C=O) groups excluding carboxylic acids is 1. The lowest BCUT2D eigenvalue weighted by molar-refractivity contribution is 0.0987. The highest BCUT2D eigenvalue weighted by Gasteiger charge is 2.22. The van der Waals surface area contributed by atoms with Crippen LogP contribution in [0, 0.1) is 0 Å². The number of hydrogen-bond donors (Lipinski definition) is 2. The molecule has 4 nitrogen and oxygen atoms in total. The van der Waals surface area contributed by atoms with E-state index >= 15 is 0 Å². The van der Waals surface area contributed by atoms with Crippen LogP contribution in [0.15, 0.2) is 48.5 Å². The maximum absolute atomic E-state index is 12.7. The van der Waals surface area contributed by atoms with Crippen LogP contribution >= 0.6 is 0 Å². The topological polar surface area (TPSA) is 52.6 Å². The summed E-state index contributed by atoms with van der Waals surface area (Å²) in [6, 6.07) is 14.3. The van der Waals surface area contributed by atoms with E-state index in [2.05, 4.69) is 5.32 Å². The molecular weight excluding hydrogens is 252 g/mol. The number of phenols is 1. The summed E-state index contributed by atoms with van der Waals surface area (Å²) in [6.45, 7) is 1.51. The highest BCUT2D eigenvalue weighted by atomic mass is 16.3. The number of aromatic hydroxyl groups is 1. The molecule has 3 rings (SSSR count). The standard InChI is InChI=1S/C16H16N2O2/c19-13-6-3-5-12(11-13)16(20)18-10-4-9-17-14-7-1-2-8-15(14)18/h1-3,5-8,11,17,19H,4,9-10H2. The molecule has 20 heavy (non-hydrogen) atoms. The van der Waals surface area contributed by atoms with Crippen LogP contribution in [0.1, 0.15) is 16.8 Å². The van der Waals surface area contributed by atoms with Gasteiger partial charge in [0.05, 0.1) is 11.4 Å². The Morgan fingerprint density at radius 1 is 1.15 bits per heavy atom. The molecule has 4 heteroatoms. The summed E-state index contributed by atoms with van der Waals surface area (Å²) in [7, 11) is 0. The fourth-order valence-corrected chi connectivity index (χ4v) is 2.44. The van der Waals surface area contributed by atoms with Crippen LogP contribution < -0.4 is 10.2 Å². The van der Waals surface area contributed by atoms with Gasteiger partial charge in [0, 0.05) is 18.7 Å². The first-order valence-electron chi connectivity index (χ1n) is 6.69. The van der Waals surface area contributed by atoms with Gasteiger partial charge in [0.15, 0.2) is 0 Å². The highest BCUT2D eigenvalue weighted by molar-refractivity contribution is 6.08. The van der Waals surface area contributed by atoms with E-state index in [-0.39, 0.29) is 11.7 Å². The van der Waals surface area contributed by atoms with Crippen molar-refractivity contribution in [2.45, 2.75) is 6.42 Å². The Kier molecular flexibility index (Phi) is 3.29. The van der Waals surface area contributed by atoms with Gasteiger partial charge in [0.1, 0.15) is 5.75 Å². The minimum atomic E-state index is -0.0861. The van der Waals surface area contributed by atoms with Crippen molar-refractivity contribution >= 4 is 17.3 Å². The maximum atomic E-state index is 12.7. The summed E-state index contributed by atoms with van der Waals surface area (Å²) >= 11 is 0. The molecule has 2 N–H and O–H groups in total. The zero-order chi connectivity index (χ0) is 13.9. The number of carbonyl (C=O) groups is 1. The Morgan fingerprint density at radius 3 is 2.85 bits per heavy atom.